The van der Waals surface area contributed by atoms with E-state index in [9.17, 15) is 4.79 Å². The predicted octanol–water partition coefficient (Wildman–Crippen LogP) is 2.31. The number of piperidine rings is 1. The van der Waals surface area contributed by atoms with Gasteiger partial charge in [-0.05, 0) is 38.8 Å². The summed E-state index contributed by atoms with van der Waals surface area (Å²) in [5, 5.41) is 0. The number of rotatable bonds is 5. The first kappa shape index (κ1) is 15.6. The van der Waals surface area contributed by atoms with Gasteiger partial charge in [-0.15, -0.1) is 0 Å². The maximum atomic E-state index is 12.7. The van der Waals surface area contributed by atoms with Crippen LogP contribution in [0.4, 0.5) is 5.69 Å². The number of benzene rings is 1. The summed E-state index contributed by atoms with van der Waals surface area (Å²) in [5.74, 6) is 0.484. The second-order valence-corrected chi connectivity index (χ2v) is 5.10. The van der Waals surface area contributed by atoms with Crippen molar-refractivity contribution in [2.75, 3.05) is 32.0 Å². The Balaban J connectivity index is 2.09. The Labute approximate surface area is 126 Å². The Hall–Kier alpha value is -1.75. The van der Waals surface area contributed by atoms with Gasteiger partial charge >= 0.3 is 0 Å². The molecule has 1 aromatic carbocycles. The van der Waals surface area contributed by atoms with Gasteiger partial charge in [0.2, 0.25) is 0 Å². The number of anilines is 1. The number of likely N-dealkylation sites (tertiary alicyclic amines) is 1. The minimum absolute atomic E-state index is 0.0132. The topological polar surface area (TPSA) is 64.8 Å². The predicted molar refractivity (Wildman–Crippen MR) is 82.6 cm³/mol. The molecule has 0 saturated carbocycles. The highest BCUT2D eigenvalue weighted by molar-refractivity contribution is 5.98. The van der Waals surface area contributed by atoms with Crippen LogP contribution in [-0.2, 0) is 4.74 Å². The molecule has 21 heavy (non-hydrogen) atoms. The first-order chi connectivity index (χ1) is 10.2. The third kappa shape index (κ3) is 3.67. The van der Waals surface area contributed by atoms with E-state index in [1.807, 2.05) is 18.7 Å². The van der Waals surface area contributed by atoms with Crippen LogP contribution in [0.2, 0.25) is 0 Å². The van der Waals surface area contributed by atoms with Crippen molar-refractivity contribution in [3.63, 3.8) is 0 Å². The number of amides is 1. The quantitative estimate of drug-likeness (QED) is 0.846. The van der Waals surface area contributed by atoms with Crippen LogP contribution in [0.5, 0.6) is 5.75 Å². The van der Waals surface area contributed by atoms with Gasteiger partial charge in [0, 0.05) is 19.7 Å². The third-order valence-electron chi connectivity index (χ3n) is 3.70. The van der Waals surface area contributed by atoms with Gasteiger partial charge in [0.1, 0.15) is 0 Å². The van der Waals surface area contributed by atoms with Crippen LogP contribution in [0.15, 0.2) is 18.2 Å². The van der Waals surface area contributed by atoms with E-state index in [2.05, 4.69) is 0 Å². The molecule has 0 bridgehead atoms. The molecule has 1 heterocycles. The normalized spacial score (nSPS) is 16.0. The third-order valence-corrected chi connectivity index (χ3v) is 3.70. The summed E-state index contributed by atoms with van der Waals surface area (Å²) in [6.07, 6.45) is 2.03. The van der Waals surface area contributed by atoms with Gasteiger partial charge in [-0.1, -0.05) is 6.07 Å². The van der Waals surface area contributed by atoms with E-state index in [0.717, 1.165) is 19.4 Å². The summed E-state index contributed by atoms with van der Waals surface area (Å²) < 4.78 is 11.2. The number of carbonyl (C=O) groups is 1. The number of nitrogen functional groups attached to an aromatic ring is 1. The van der Waals surface area contributed by atoms with Crippen molar-refractivity contribution >= 4 is 11.6 Å². The summed E-state index contributed by atoms with van der Waals surface area (Å²) in [5.41, 5.74) is 6.97. The molecule has 1 aliphatic rings. The van der Waals surface area contributed by atoms with E-state index < -0.39 is 0 Å². The van der Waals surface area contributed by atoms with Crippen molar-refractivity contribution in [3.05, 3.63) is 23.8 Å². The van der Waals surface area contributed by atoms with Gasteiger partial charge in [0.05, 0.1) is 24.0 Å². The highest BCUT2D eigenvalue weighted by Gasteiger charge is 2.26. The lowest BCUT2D eigenvalue weighted by Crippen LogP contribution is -2.41. The van der Waals surface area contributed by atoms with Crippen LogP contribution in [0, 0.1) is 0 Å². The summed E-state index contributed by atoms with van der Waals surface area (Å²) in [6.45, 7) is 6.52. The van der Waals surface area contributed by atoms with Crippen molar-refractivity contribution < 1.29 is 14.3 Å². The van der Waals surface area contributed by atoms with Gasteiger partial charge < -0.3 is 20.1 Å². The minimum atomic E-state index is -0.0132. The molecule has 1 saturated heterocycles. The van der Waals surface area contributed by atoms with Crippen molar-refractivity contribution in [2.24, 2.45) is 0 Å². The van der Waals surface area contributed by atoms with Crippen LogP contribution in [-0.4, -0.2) is 43.2 Å². The lowest BCUT2D eigenvalue weighted by Gasteiger charge is -2.32. The number of hydrogen-bond acceptors (Lipinski definition) is 4. The number of ether oxygens (including phenoxy) is 2. The second kappa shape index (κ2) is 7.31. The maximum absolute atomic E-state index is 12.7. The summed E-state index contributed by atoms with van der Waals surface area (Å²) in [4.78, 5) is 14.5. The Morgan fingerprint density at radius 2 is 2.00 bits per heavy atom. The van der Waals surface area contributed by atoms with Crippen LogP contribution in [0.1, 0.15) is 37.0 Å². The van der Waals surface area contributed by atoms with E-state index in [-0.39, 0.29) is 12.0 Å². The lowest BCUT2D eigenvalue weighted by molar-refractivity contribution is 0.0145. The molecule has 1 aliphatic heterocycles. The van der Waals surface area contributed by atoms with E-state index >= 15 is 0 Å². The lowest BCUT2D eigenvalue weighted by atomic mass is 10.1. The van der Waals surface area contributed by atoms with Gasteiger partial charge in [0.15, 0.2) is 5.75 Å². The summed E-state index contributed by atoms with van der Waals surface area (Å²) in [7, 11) is 0. The molecule has 0 atom stereocenters. The van der Waals surface area contributed by atoms with Gasteiger partial charge in [-0.25, -0.2) is 0 Å². The van der Waals surface area contributed by atoms with E-state index in [1.54, 1.807) is 18.2 Å². The zero-order valence-corrected chi connectivity index (χ0v) is 12.8. The Morgan fingerprint density at radius 3 is 2.62 bits per heavy atom. The Kier molecular flexibility index (Phi) is 5.44. The number of hydrogen-bond donors (Lipinski definition) is 1. The average Bonchev–Trinajstić information content (AvgIpc) is 2.50. The molecule has 0 spiro atoms. The molecule has 2 rings (SSSR count). The molecule has 1 amide bonds. The first-order valence-corrected chi connectivity index (χ1v) is 7.59. The van der Waals surface area contributed by atoms with Gasteiger partial charge in [0.25, 0.3) is 5.91 Å². The number of carbonyl (C=O) groups excluding carboxylic acids is 1. The fraction of sp³-hybridized carbons (Fsp3) is 0.562. The molecular formula is C16H24N2O3. The van der Waals surface area contributed by atoms with E-state index in [4.69, 9.17) is 15.2 Å². The highest BCUT2D eigenvalue weighted by atomic mass is 16.5. The smallest absolute Gasteiger partial charge is 0.257 e. The molecule has 1 fully saturated rings. The molecule has 0 unspecified atom stereocenters. The molecule has 5 heteroatoms. The van der Waals surface area contributed by atoms with Crippen LogP contribution in [0.3, 0.4) is 0 Å². The molecule has 2 N–H and O–H groups in total. The number of para-hydroxylation sites is 1. The monoisotopic (exact) mass is 292 g/mol. The van der Waals surface area contributed by atoms with E-state index in [1.165, 1.54) is 0 Å². The number of nitrogens with two attached hydrogens (primary N) is 1. The fourth-order valence-corrected chi connectivity index (χ4v) is 2.66. The molecule has 116 valence electrons. The van der Waals surface area contributed by atoms with E-state index in [0.29, 0.717) is 36.7 Å². The molecule has 0 aromatic heterocycles. The summed E-state index contributed by atoms with van der Waals surface area (Å²) >= 11 is 0. The highest BCUT2D eigenvalue weighted by Crippen LogP contribution is 2.28. The van der Waals surface area contributed by atoms with Gasteiger partial charge in [-0.3, -0.25) is 4.79 Å². The van der Waals surface area contributed by atoms with Crippen LogP contribution >= 0.6 is 0 Å². The number of nitrogens with zero attached hydrogens (tertiary/aromatic N) is 1. The summed E-state index contributed by atoms with van der Waals surface area (Å²) in [6, 6.07) is 5.32. The average molecular weight is 292 g/mol. The zero-order valence-electron chi connectivity index (χ0n) is 12.8. The first-order valence-electron chi connectivity index (χ1n) is 7.59. The van der Waals surface area contributed by atoms with Crippen molar-refractivity contribution in [1.82, 2.24) is 4.90 Å². The van der Waals surface area contributed by atoms with Crippen molar-refractivity contribution in [2.45, 2.75) is 32.8 Å². The fourth-order valence-electron chi connectivity index (χ4n) is 2.66. The largest absolute Gasteiger partial charge is 0.491 e. The molecule has 5 nitrogen and oxygen atoms in total. The molecule has 0 aliphatic carbocycles. The molecular weight excluding hydrogens is 268 g/mol. The van der Waals surface area contributed by atoms with Crippen molar-refractivity contribution in [1.29, 1.82) is 0 Å². The molecule has 1 aromatic rings. The van der Waals surface area contributed by atoms with Crippen molar-refractivity contribution in [3.8, 4) is 5.75 Å². The minimum Gasteiger partial charge on any atom is -0.491 e. The second-order valence-electron chi connectivity index (χ2n) is 5.10. The zero-order chi connectivity index (χ0) is 15.2. The molecule has 0 radical (unpaired) electrons. The Bertz CT molecular complexity index is 482. The van der Waals surface area contributed by atoms with Crippen LogP contribution < -0.4 is 10.5 Å². The Morgan fingerprint density at radius 1 is 1.29 bits per heavy atom. The standard InChI is InChI=1S/C16H24N2O3/c1-3-20-12-8-10-18(11-9-12)16(19)13-6-5-7-14(17)15(13)21-4-2/h5-7,12H,3-4,8-11,17H2,1-2H3. The van der Waals surface area contributed by atoms with Crippen LogP contribution in [0.25, 0.3) is 0 Å². The van der Waals surface area contributed by atoms with Gasteiger partial charge in [-0.2, -0.15) is 0 Å². The SMILES string of the molecule is CCOc1c(N)cccc1C(=O)N1CCC(OCC)CC1. The maximum Gasteiger partial charge on any atom is 0.257 e.